The van der Waals surface area contributed by atoms with Crippen molar-refractivity contribution in [2.24, 2.45) is 7.05 Å². The molecule has 1 aromatic carbocycles. The zero-order chi connectivity index (χ0) is 30.1. The monoisotopic (exact) mass is 612 g/mol. The summed E-state index contributed by atoms with van der Waals surface area (Å²) >= 11 is 7.28. The van der Waals surface area contributed by atoms with Crippen molar-refractivity contribution in [2.75, 3.05) is 29.6 Å². The minimum Gasteiger partial charge on any atom is -0.377 e. The summed E-state index contributed by atoms with van der Waals surface area (Å²) < 4.78 is 20.3. The Hall–Kier alpha value is -3.64. The summed E-state index contributed by atoms with van der Waals surface area (Å²) in [6, 6.07) is 6.89. The molecule has 1 unspecified atom stereocenters. The second kappa shape index (κ2) is 12.3. The summed E-state index contributed by atoms with van der Waals surface area (Å²) in [5.74, 6) is -0.0381. The summed E-state index contributed by atoms with van der Waals surface area (Å²) in [7, 11) is 1.72. The predicted molar refractivity (Wildman–Crippen MR) is 166 cm³/mol. The van der Waals surface area contributed by atoms with E-state index in [2.05, 4.69) is 25.0 Å². The molecule has 3 aromatic heterocycles. The lowest BCUT2D eigenvalue weighted by atomic mass is 9.93. The summed E-state index contributed by atoms with van der Waals surface area (Å²) in [6.07, 6.45) is 4.56. The lowest BCUT2D eigenvalue weighted by molar-refractivity contribution is 0.0980. The van der Waals surface area contributed by atoms with Crippen molar-refractivity contribution in [1.82, 2.24) is 29.0 Å². The second-order valence-corrected chi connectivity index (χ2v) is 11.5. The van der Waals surface area contributed by atoms with Crippen LogP contribution in [-0.4, -0.2) is 49.6 Å². The van der Waals surface area contributed by atoms with Gasteiger partial charge in [-0.1, -0.05) is 29.6 Å². The van der Waals surface area contributed by atoms with Gasteiger partial charge in [-0.05, 0) is 57.4 Å². The molecule has 1 aliphatic rings. The molecule has 5 rings (SSSR count). The fourth-order valence-corrected chi connectivity index (χ4v) is 6.06. The summed E-state index contributed by atoms with van der Waals surface area (Å²) in [5, 5.41) is 8.47. The number of piperidine rings is 1. The highest BCUT2D eigenvalue weighted by molar-refractivity contribution is 7.97. The number of hydrogen-bond acceptors (Lipinski definition) is 8. The van der Waals surface area contributed by atoms with E-state index in [0.717, 1.165) is 11.1 Å². The molecule has 1 aliphatic heterocycles. The van der Waals surface area contributed by atoms with Crippen LogP contribution in [0.1, 0.15) is 66.0 Å². The zero-order valence-corrected chi connectivity index (χ0v) is 25.8. The molecule has 0 radical (unpaired) electrons. The van der Waals surface area contributed by atoms with Crippen molar-refractivity contribution in [1.29, 1.82) is 0 Å². The average molecular weight is 613 g/mol. The van der Waals surface area contributed by atoms with Crippen molar-refractivity contribution >= 4 is 52.0 Å². The van der Waals surface area contributed by atoms with Gasteiger partial charge in [0.15, 0.2) is 11.5 Å². The summed E-state index contributed by atoms with van der Waals surface area (Å²) in [5.41, 5.74) is 3.42. The molecule has 1 amide bonds. The highest BCUT2D eigenvalue weighted by Gasteiger charge is 2.28. The van der Waals surface area contributed by atoms with Gasteiger partial charge in [0.2, 0.25) is 5.95 Å². The minimum atomic E-state index is -0.367. The van der Waals surface area contributed by atoms with E-state index < -0.39 is 0 Å². The summed E-state index contributed by atoms with van der Waals surface area (Å²) in [6.45, 7) is 7.55. The van der Waals surface area contributed by atoms with Crippen molar-refractivity contribution in [3.8, 4) is 0 Å². The van der Waals surface area contributed by atoms with Crippen molar-refractivity contribution in [2.45, 2.75) is 52.1 Å². The molecule has 0 bridgehead atoms. The number of nitrogens with one attached hydrogen (secondary N) is 2. The lowest BCUT2D eigenvalue weighted by Gasteiger charge is -2.33. The molecule has 4 aromatic rings. The third kappa shape index (κ3) is 5.82. The maximum Gasteiger partial charge on any atom is 0.281 e. The number of aromatic nitrogens is 5. The van der Waals surface area contributed by atoms with E-state index in [-0.39, 0.29) is 40.1 Å². The van der Waals surface area contributed by atoms with E-state index in [1.807, 2.05) is 32.9 Å². The molecule has 0 aliphatic carbocycles. The first-order chi connectivity index (χ1) is 20.1. The van der Waals surface area contributed by atoms with E-state index >= 15 is 0 Å². The number of carbonyl (C=O) groups is 1. The normalized spacial score (nSPS) is 14.8. The minimum absolute atomic E-state index is 0.0117. The number of rotatable bonds is 8. The highest BCUT2D eigenvalue weighted by atomic mass is 35.5. The molecule has 4 heterocycles. The Balaban J connectivity index is 1.51. The number of halogens is 2. The van der Waals surface area contributed by atoms with Gasteiger partial charge in [0.05, 0.1) is 28.8 Å². The lowest BCUT2D eigenvalue weighted by Crippen LogP contribution is -2.38. The third-order valence-corrected chi connectivity index (χ3v) is 8.21. The van der Waals surface area contributed by atoms with Crippen LogP contribution in [0.15, 0.2) is 35.3 Å². The number of amides is 1. The van der Waals surface area contributed by atoms with Crippen LogP contribution in [-0.2, 0) is 13.6 Å². The van der Waals surface area contributed by atoms with Crippen LogP contribution in [0.25, 0.3) is 10.9 Å². The second-order valence-electron chi connectivity index (χ2n) is 10.5. The molecule has 0 spiro atoms. The first-order valence-corrected chi connectivity index (χ1v) is 15.5. The molecule has 1 atom stereocenters. The van der Waals surface area contributed by atoms with Gasteiger partial charge < -0.3 is 10.2 Å². The molecule has 10 nitrogen and oxygen atoms in total. The smallest absolute Gasteiger partial charge is 0.281 e. The van der Waals surface area contributed by atoms with Crippen molar-refractivity contribution in [3.63, 3.8) is 0 Å². The van der Waals surface area contributed by atoms with Crippen LogP contribution in [0.4, 0.5) is 16.0 Å². The number of carbonyl (C=O) groups excluding carboxylic acids is 1. The Labute approximate surface area is 252 Å². The maximum absolute atomic E-state index is 14.4. The van der Waals surface area contributed by atoms with E-state index in [4.69, 9.17) is 16.6 Å². The van der Waals surface area contributed by atoms with Gasteiger partial charge in [0.1, 0.15) is 10.8 Å². The average Bonchev–Trinajstić information content (AvgIpc) is 3.31. The van der Waals surface area contributed by atoms with E-state index in [1.54, 1.807) is 30.0 Å². The summed E-state index contributed by atoms with van der Waals surface area (Å²) in [4.78, 5) is 38.0. The first-order valence-electron chi connectivity index (χ1n) is 13.9. The van der Waals surface area contributed by atoms with Gasteiger partial charge in [-0.2, -0.15) is 5.10 Å². The quantitative estimate of drug-likeness (QED) is 0.206. The van der Waals surface area contributed by atoms with Crippen molar-refractivity contribution < 1.29 is 9.18 Å². The van der Waals surface area contributed by atoms with Gasteiger partial charge in [0, 0.05) is 44.4 Å². The highest BCUT2D eigenvalue weighted by Crippen LogP contribution is 2.33. The Kier molecular flexibility index (Phi) is 8.74. The van der Waals surface area contributed by atoms with E-state index in [1.165, 1.54) is 22.8 Å². The van der Waals surface area contributed by atoms with Crippen LogP contribution in [0.2, 0.25) is 5.15 Å². The standard InChI is InChI=1S/C29H34ClFN8O2S/c1-6-39-28(41)20-14-16(2)13-19(17(3)32-22-7-8-23(30)33-26(22)27(40)36-42-5)25(20)34-29(39)38-11-9-18(10-12-38)24-21(31)15-37(4)35-24/h7-8,13-15,17-18,32H,6,9-12H2,1-5H3,(H,36,40). The van der Waals surface area contributed by atoms with E-state index in [0.29, 0.717) is 60.7 Å². The first kappa shape index (κ1) is 29.8. The maximum atomic E-state index is 14.4. The number of pyridine rings is 1. The predicted octanol–water partition coefficient (Wildman–Crippen LogP) is 5.21. The van der Waals surface area contributed by atoms with Gasteiger partial charge in [-0.15, -0.1) is 0 Å². The Morgan fingerprint density at radius 2 is 1.98 bits per heavy atom. The fraction of sp³-hybridized carbons (Fsp3) is 0.414. The molecule has 222 valence electrons. The number of aryl methyl sites for hydroxylation is 2. The third-order valence-electron chi connectivity index (χ3n) is 7.61. The Morgan fingerprint density at radius 3 is 2.62 bits per heavy atom. The molecule has 0 saturated carbocycles. The molecular weight excluding hydrogens is 579 g/mol. The number of fused-ring (bicyclic) bond motifs is 1. The fourth-order valence-electron chi connectivity index (χ4n) is 5.63. The SMILES string of the molecule is CCn1c(N2CCC(c3nn(C)cc3F)CC2)nc2c(C(C)Nc3ccc(Cl)nc3C(=O)NSC)cc(C)cc2c1=O. The van der Waals surface area contributed by atoms with Crippen molar-refractivity contribution in [3.05, 3.63) is 74.3 Å². The number of benzene rings is 1. The molecule has 42 heavy (non-hydrogen) atoms. The number of hydrogen-bond donors (Lipinski definition) is 2. The van der Waals surface area contributed by atoms with Gasteiger partial charge in [0.25, 0.3) is 11.5 Å². The molecule has 2 N–H and O–H groups in total. The van der Waals surface area contributed by atoms with Gasteiger partial charge in [-0.3, -0.25) is 23.6 Å². The van der Waals surface area contributed by atoms with Crippen LogP contribution < -0.4 is 20.5 Å². The largest absolute Gasteiger partial charge is 0.377 e. The molecule has 1 saturated heterocycles. The Morgan fingerprint density at radius 1 is 1.24 bits per heavy atom. The van der Waals surface area contributed by atoms with Crippen LogP contribution in [0, 0.1) is 12.7 Å². The van der Waals surface area contributed by atoms with E-state index in [9.17, 15) is 14.0 Å². The topological polar surface area (TPSA) is 110 Å². The number of nitrogens with zero attached hydrogens (tertiary/aromatic N) is 6. The van der Waals surface area contributed by atoms with Crippen LogP contribution in [0.5, 0.6) is 0 Å². The molecule has 13 heteroatoms. The molecular formula is C29H34ClFN8O2S. The van der Waals surface area contributed by atoms with Crippen LogP contribution >= 0.6 is 23.5 Å². The number of anilines is 2. The van der Waals surface area contributed by atoms with Gasteiger partial charge >= 0.3 is 0 Å². The Bertz CT molecular complexity index is 1700. The van der Waals surface area contributed by atoms with Crippen LogP contribution in [0.3, 0.4) is 0 Å². The van der Waals surface area contributed by atoms with Gasteiger partial charge in [-0.25, -0.2) is 14.4 Å². The zero-order valence-electron chi connectivity index (χ0n) is 24.2. The molecule has 1 fully saturated rings.